The number of hydrogen-bond donors (Lipinski definition) is 2. The average molecular weight is 219 g/mol. The molecule has 3 N–H and O–H groups in total. The van der Waals surface area contributed by atoms with E-state index in [1.807, 2.05) is 30.3 Å². The van der Waals surface area contributed by atoms with Gasteiger partial charge in [-0.1, -0.05) is 30.3 Å². The summed E-state index contributed by atoms with van der Waals surface area (Å²) in [5, 5.41) is 2.64. The fourth-order valence-corrected chi connectivity index (χ4v) is 1.73. The second-order valence-corrected chi connectivity index (χ2v) is 3.57. The van der Waals surface area contributed by atoms with Gasteiger partial charge in [0.25, 0.3) is 5.91 Å². The molecule has 0 aliphatic carbocycles. The summed E-state index contributed by atoms with van der Waals surface area (Å²) in [5.74, 6) is -0.235. The fraction of sp³-hybridized carbons (Fsp3) is 0.273. The van der Waals surface area contributed by atoms with E-state index in [2.05, 4.69) is 5.32 Å². The van der Waals surface area contributed by atoms with E-state index in [9.17, 15) is 9.59 Å². The van der Waals surface area contributed by atoms with E-state index in [0.717, 1.165) is 10.5 Å². The topological polar surface area (TPSA) is 75.4 Å². The average Bonchev–Trinajstić information content (AvgIpc) is 2.59. The van der Waals surface area contributed by atoms with Crippen LogP contribution in [0.15, 0.2) is 30.3 Å². The predicted octanol–water partition coefficient (Wildman–Crippen LogP) is 0.238. The Balaban J connectivity index is 2.21. The van der Waals surface area contributed by atoms with Crippen LogP contribution in [0.4, 0.5) is 4.79 Å². The molecule has 84 valence electrons. The van der Waals surface area contributed by atoms with Gasteiger partial charge < -0.3 is 11.1 Å². The third-order valence-corrected chi connectivity index (χ3v) is 2.51. The van der Waals surface area contributed by atoms with Gasteiger partial charge in [0.2, 0.25) is 0 Å². The number of benzene rings is 1. The van der Waals surface area contributed by atoms with E-state index < -0.39 is 6.04 Å². The van der Waals surface area contributed by atoms with Crippen molar-refractivity contribution in [3.8, 4) is 0 Å². The first-order valence-corrected chi connectivity index (χ1v) is 5.11. The first-order chi connectivity index (χ1) is 7.74. The van der Waals surface area contributed by atoms with Gasteiger partial charge in [-0.2, -0.15) is 0 Å². The standard InChI is InChI=1S/C11H13N3O2/c12-6-7-14-10(15)9(13-11(14)16)8-4-2-1-3-5-8/h1-5,9H,6-7,12H2,(H,13,16)/t9-/m0/s1. The molecule has 0 unspecified atom stereocenters. The zero-order chi connectivity index (χ0) is 11.5. The van der Waals surface area contributed by atoms with E-state index in [1.165, 1.54) is 0 Å². The van der Waals surface area contributed by atoms with Crippen LogP contribution in [-0.2, 0) is 4.79 Å². The number of nitrogens with two attached hydrogens (primary N) is 1. The highest BCUT2D eigenvalue weighted by Crippen LogP contribution is 2.20. The number of nitrogens with zero attached hydrogens (tertiary/aromatic N) is 1. The van der Waals surface area contributed by atoms with Crippen molar-refractivity contribution in [2.24, 2.45) is 5.73 Å². The highest BCUT2D eigenvalue weighted by atomic mass is 16.2. The van der Waals surface area contributed by atoms with Crippen molar-refractivity contribution < 1.29 is 9.59 Å². The summed E-state index contributed by atoms with van der Waals surface area (Å²) in [5.41, 5.74) is 6.14. The molecular weight excluding hydrogens is 206 g/mol. The lowest BCUT2D eigenvalue weighted by atomic mass is 10.1. The summed E-state index contributed by atoms with van der Waals surface area (Å²) in [6.45, 7) is 0.536. The van der Waals surface area contributed by atoms with Crippen molar-refractivity contribution in [1.82, 2.24) is 10.2 Å². The van der Waals surface area contributed by atoms with Gasteiger partial charge in [-0.05, 0) is 5.56 Å². The van der Waals surface area contributed by atoms with Gasteiger partial charge in [0.15, 0.2) is 0 Å². The van der Waals surface area contributed by atoms with Crippen LogP contribution in [0.5, 0.6) is 0 Å². The molecule has 0 spiro atoms. The van der Waals surface area contributed by atoms with Crippen LogP contribution in [0.25, 0.3) is 0 Å². The monoisotopic (exact) mass is 219 g/mol. The summed E-state index contributed by atoms with van der Waals surface area (Å²) < 4.78 is 0. The van der Waals surface area contributed by atoms with Crippen molar-refractivity contribution in [3.05, 3.63) is 35.9 Å². The number of imide groups is 1. The van der Waals surface area contributed by atoms with Gasteiger partial charge in [0.1, 0.15) is 6.04 Å². The Bertz CT molecular complexity index is 405. The lowest BCUT2D eigenvalue weighted by Crippen LogP contribution is -2.35. The van der Waals surface area contributed by atoms with Crippen molar-refractivity contribution in [2.75, 3.05) is 13.1 Å². The Kier molecular flexibility index (Phi) is 2.87. The van der Waals surface area contributed by atoms with Gasteiger partial charge in [-0.25, -0.2) is 4.79 Å². The van der Waals surface area contributed by atoms with Crippen molar-refractivity contribution in [2.45, 2.75) is 6.04 Å². The molecule has 5 heteroatoms. The Hall–Kier alpha value is -1.88. The van der Waals surface area contributed by atoms with Gasteiger partial charge in [-0.15, -0.1) is 0 Å². The Morgan fingerprint density at radius 2 is 1.94 bits per heavy atom. The highest BCUT2D eigenvalue weighted by Gasteiger charge is 2.38. The maximum absolute atomic E-state index is 11.9. The first kappa shape index (κ1) is 10.6. The molecular formula is C11H13N3O2. The third kappa shape index (κ3) is 1.77. The normalized spacial score (nSPS) is 20.1. The van der Waals surface area contributed by atoms with Crippen LogP contribution in [0.2, 0.25) is 0 Å². The Labute approximate surface area is 93.2 Å². The van der Waals surface area contributed by atoms with E-state index in [0.29, 0.717) is 0 Å². The number of carbonyl (C=O) groups excluding carboxylic acids is 2. The maximum atomic E-state index is 11.9. The van der Waals surface area contributed by atoms with Gasteiger partial charge in [0.05, 0.1) is 0 Å². The SMILES string of the molecule is NCCN1C(=O)N[C@@H](c2ccccc2)C1=O. The summed E-state index contributed by atoms with van der Waals surface area (Å²) in [7, 11) is 0. The quantitative estimate of drug-likeness (QED) is 0.715. The molecule has 1 aliphatic heterocycles. The lowest BCUT2D eigenvalue weighted by molar-refractivity contribution is -0.127. The Morgan fingerprint density at radius 3 is 2.56 bits per heavy atom. The van der Waals surface area contributed by atoms with Crippen LogP contribution in [0.1, 0.15) is 11.6 Å². The van der Waals surface area contributed by atoms with Gasteiger partial charge in [0, 0.05) is 13.1 Å². The van der Waals surface area contributed by atoms with Gasteiger partial charge >= 0.3 is 6.03 Å². The van der Waals surface area contributed by atoms with Crippen LogP contribution in [-0.4, -0.2) is 29.9 Å². The molecule has 1 aromatic carbocycles. The summed E-state index contributed by atoms with van der Waals surface area (Å²) in [6.07, 6.45) is 0. The molecule has 0 radical (unpaired) electrons. The smallest absolute Gasteiger partial charge is 0.325 e. The number of hydrogen-bond acceptors (Lipinski definition) is 3. The summed E-state index contributed by atoms with van der Waals surface area (Å²) in [6, 6.07) is 8.22. The van der Waals surface area contributed by atoms with Gasteiger partial charge in [-0.3, -0.25) is 9.69 Å². The van der Waals surface area contributed by atoms with Crippen LogP contribution in [0, 0.1) is 0 Å². The number of urea groups is 1. The van der Waals surface area contributed by atoms with E-state index >= 15 is 0 Å². The lowest BCUT2D eigenvalue weighted by Gasteiger charge is -2.11. The van der Waals surface area contributed by atoms with E-state index in [4.69, 9.17) is 5.73 Å². The molecule has 1 aliphatic rings. The van der Waals surface area contributed by atoms with Crippen LogP contribution < -0.4 is 11.1 Å². The second-order valence-electron chi connectivity index (χ2n) is 3.57. The number of nitrogens with one attached hydrogen (secondary N) is 1. The Morgan fingerprint density at radius 1 is 1.25 bits per heavy atom. The molecule has 0 saturated carbocycles. The van der Waals surface area contributed by atoms with E-state index in [1.54, 1.807) is 0 Å². The zero-order valence-electron chi connectivity index (χ0n) is 8.72. The molecule has 1 saturated heterocycles. The molecule has 1 heterocycles. The first-order valence-electron chi connectivity index (χ1n) is 5.11. The predicted molar refractivity (Wildman–Crippen MR) is 58.5 cm³/mol. The molecule has 16 heavy (non-hydrogen) atoms. The van der Waals surface area contributed by atoms with E-state index in [-0.39, 0.29) is 25.0 Å². The highest BCUT2D eigenvalue weighted by molar-refractivity contribution is 6.04. The minimum Gasteiger partial charge on any atom is -0.329 e. The molecule has 0 aromatic heterocycles. The summed E-state index contributed by atoms with van der Waals surface area (Å²) >= 11 is 0. The molecule has 5 nitrogen and oxygen atoms in total. The van der Waals surface area contributed by atoms with Crippen molar-refractivity contribution in [1.29, 1.82) is 0 Å². The molecule has 0 bridgehead atoms. The van der Waals surface area contributed by atoms with Crippen LogP contribution in [0.3, 0.4) is 0 Å². The molecule has 1 aromatic rings. The third-order valence-electron chi connectivity index (χ3n) is 2.51. The van der Waals surface area contributed by atoms with Crippen molar-refractivity contribution >= 4 is 11.9 Å². The minimum atomic E-state index is -0.569. The number of amides is 3. The number of rotatable bonds is 3. The zero-order valence-corrected chi connectivity index (χ0v) is 8.72. The van der Waals surface area contributed by atoms with Crippen LogP contribution >= 0.6 is 0 Å². The largest absolute Gasteiger partial charge is 0.329 e. The molecule has 2 rings (SSSR count). The molecule has 3 amide bonds. The summed E-state index contributed by atoms with van der Waals surface area (Å²) in [4.78, 5) is 24.5. The maximum Gasteiger partial charge on any atom is 0.325 e. The second kappa shape index (κ2) is 4.32. The minimum absolute atomic E-state index is 0.235. The number of carbonyl (C=O) groups is 2. The fourth-order valence-electron chi connectivity index (χ4n) is 1.73. The molecule has 1 atom stereocenters. The van der Waals surface area contributed by atoms with Crippen molar-refractivity contribution in [3.63, 3.8) is 0 Å². The molecule has 1 fully saturated rings.